The molecule has 0 spiro atoms. The molecule has 0 saturated carbocycles. The lowest BCUT2D eigenvalue weighted by molar-refractivity contribution is -0.895. The van der Waals surface area contributed by atoms with Crippen LogP contribution in [-0.4, -0.2) is 25.4 Å². The third-order valence-electron chi connectivity index (χ3n) is 3.73. The molecule has 23 heavy (non-hydrogen) atoms. The van der Waals surface area contributed by atoms with Crippen molar-refractivity contribution in [3.05, 3.63) is 36.3 Å². The van der Waals surface area contributed by atoms with E-state index in [4.69, 9.17) is 28.9 Å². The number of rotatable bonds is 3. The Morgan fingerprint density at radius 1 is 1.35 bits per heavy atom. The Morgan fingerprint density at radius 2 is 2.09 bits per heavy atom. The van der Waals surface area contributed by atoms with Crippen LogP contribution in [0, 0.1) is 0 Å². The molecule has 2 aromatic rings. The third kappa shape index (κ3) is 3.25. The molecule has 5 nitrogen and oxygen atoms in total. The number of thiophene rings is 2. The third-order valence-corrected chi connectivity index (χ3v) is 6.36. The molecule has 0 bridgehead atoms. The summed E-state index contributed by atoms with van der Waals surface area (Å²) in [6.45, 7) is 1.75. The zero-order valence-corrected chi connectivity index (χ0v) is 15.3. The number of nitrogens with two attached hydrogens (primary N) is 1. The number of anilines is 1. The summed E-state index contributed by atoms with van der Waals surface area (Å²) >= 11 is 14.4. The number of carbonyl (C=O) groups is 2. The fraction of sp³-hybridized carbons (Fsp3) is 0.286. The van der Waals surface area contributed by atoms with Crippen molar-refractivity contribution >= 4 is 62.7 Å². The molecule has 0 fully saturated rings. The Kier molecular flexibility index (Phi) is 4.66. The minimum absolute atomic E-state index is 0.297. The van der Waals surface area contributed by atoms with Crippen molar-refractivity contribution in [2.24, 2.45) is 5.73 Å². The molecule has 2 amide bonds. The molecule has 3 heterocycles. The van der Waals surface area contributed by atoms with Crippen LogP contribution < -0.4 is 16.0 Å². The van der Waals surface area contributed by atoms with Crippen LogP contribution in [0.1, 0.15) is 31.2 Å². The van der Waals surface area contributed by atoms with Gasteiger partial charge in [0.25, 0.3) is 11.8 Å². The summed E-state index contributed by atoms with van der Waals surface area (Å²) in [5.74, 6) is -0.910. The molecule has 2 aromatic heterocycles. The quantitative estimate of drug-likeness (QED) is 0.749. The average Bonchev–Trinajstić information content (AvgIpc) is 2.97. The molecule has 3 rings (SSSR count). The molecule has 9 heteroatoms. The second-order valence-electron chi connectivity index (χ2n) is 5.40. The van der Waals surface area contributed by atoms with Gasteiger partial charge in [-0.1, -0.05) is 23.2 Å². The van der Waals surface area contributed by atoms with E-state index in [1.807, 2.05) is 0 Å². The van der Waals surface area contributed by atoms with E-state index < -0.39 is 5.91 Å². The first-order valence-corrected chi connectivity index (χ1v) is 9.27. The summed E-state index contributed by atoms with van der Waals surface area (Å²) in [6.07, 6.45) is 0.775. The molecule has 4 N–H and O–H groups in total. The Hall–Kier alpha value is -1.12. The maximum absolute atomic E-state index is 12.4. The molecule has 122 valence electrons. The van der Waals surface area contributed by atoms with Crippen molar-refractivity contribution in [2.75, 3.05) is 18.9 Å². The van der Waals surface area contributed by atoms with E-state index in [0.717, 1.165) is 41.3 Å². The Balaban J connectivity index is 1.95. The van der Waals surface area contributed by atoms with Crippen LogP contribution in [0.25, 0.3) is 0 Å². The standard InChI is InChI=1S/C14H13Cl2N3O2S2/c1-19-3-2-6-8(5-19)22-14(10(6)12(17)20)18-13(21)7-4-9(15)23-11(7)16/h4H,2-3,5H2,1H3,(H2,17,20)(H,18,21)/p+1. The largest absolute Gasteiger partial charge is 0.365 e. The zero-order valence-electron chi connectivity index (χ0n) is 12.2. The Labute approximate surface area is 151 Å². The highest BCUT2D eigenvalue weighted by atomic mass is 35.5. The summed E-state index contributed by atoms with van der Waals surface area (Å²) in [4.78, 5) is 26.7. The van der Waals surface area contributed by atoms with Crippen LogP contribution >= 0.6 is 45.9 Å². The Morgan fingerprint density at radius 3 is 2.70 bits per heavy atom. The highest BCUT2D eigenvalue weighted by Crippen LogP contribution is 2.36. The van der Waals surface area contributed by atoms with Gasteiger partial charge in [-0.2, -0.15) is 0 Å². The van der Waals surface area contributed by atoms with E-state index in [9.17, 15) is 9.59 Å². The number of carbonyl (C=O) groups excluding carboxylic acids is 2. The maximum atomic E-state index is 12.4. The van der Waals surface area contributed by atoms with Crippen LogP contribution in [0.15, 0.2) is 6.07 Å². The first-order valence-electron chi connectivity index (χ1n) is 6.88. The number of quaternary nitrogens is 1. The van der Waals surface area contributed by atoms with Crippen LogP contribution in [0.3, 0.4) is 0 Å². The maximum Gasteiger partial charge on any atom is 0.258 e. The van der Waals surface area contributed by atoms with Crippen molar-refractivity contribution in [1.82, 2.24) is 0 Å². The predicted molar refractivity (Wildman–Crippen MR) is 94.3 cm³/mol. The number of likely N-dealkylation sites (N-methyl/N-ethyl adjacent to an activating group) is 1. The molecule has 1 aliphatic rings. The smallest absolute Gasteiger partial charge is 0.258 e. The van der Waals surface area contributed by atoms with E-state index in [-0.39, 0.29) is 5.91 Å². The fourth-order valence-corrected chi connectivity index (χ4v) is 5.45. The summed E-state index contributed by atoms with van der Waals surface area (Å²) in [6, 6.07) is 1.51. The highest BCUT2D eigenvalue weighted by molar-refractivity contribution is 7.20. The van der Waals surface area contributed by atoms with Crippen molar-refractivity contribution in [3.8, 4) is 0 Å². The van der Waals surface area contributed by atoms with Crippen LogP contribution in [0.2, 0.25) is 8.67 Å². The van der Waals surface area contributed by atoms with Gasteiger partial charge in [-0.15, -0.1) is 22.7 Å². The van der Waals surface area contributed by atoms with Gasteiger partial charge in [0.15, 0.2) is 0 Å². The molecule has 1 aliphatic heterocycles. The monoisotopic (exact) mass is 390 g/mol. The first-order chi connectivity index (χ1) is 10.9. The molecule has 1 unspecified atom stereocenters. The minimum Gasteiger partial charge on any atom is -0.365 e. The average molecular weight is 391 g/mol. The molecule has 1 atom stereocenters. The predicted octanol–water partition coefficient (Wildman–Crippen LogP) is 2.04. The van der Waals surface area contributed by atoms with Gasteiger partial charge < -0.3 is 16.0 Å². The van der Waals surface area contributed by atoms with Gasteiger partial charge in [0.2, 0.25) is 0 Å². The molecular formula is C14H14Cl2N3O2S2+. The lowest BCUT2D eigenvalue weighted by Gasteiger charge is -2.19. The Bertz CT molecular complexity index is 800. The number of primary amides is 1. The van der Waals surface area contributed by atoms with E-state index in [0.29, 0.717) is 24.8 Å². The number of amides is 2. The van der Waals surface area contributed by atoms with Crippen molar-refractivity contribution in [3.63, 3.8) is 0 Å². The second kappa shape index (κ2) is 6.41. The van der Waals surface area contributed by atoms with Gasteiger partial charge in [-0.3, -0.25) is 9.59 Å². The summed E-state index contributed by atoms with van der Waals surface area (Å²) in [7, 11) is 2.10. The molecular weight excluding hydrogens is 377 g/mol. The van der Waals surface area contributed by atoms with Crippen molar-refractivity contribution in [1.29, 1.82) is 0 Å². The fourth-order valence-electron chi connectivity index (χ4n) is 2.63. The van der Waals surface area contributed by atoms with E-state index in [1.54, 1.807) is 0 Å². The van der Waals surface area contributed by atoms with E-state index in [2.05, 4.69) is 12.4 Å². The molecule has 0 aromatic carbocycles. The lowest BCUT2D eigenvalue weighted by Crippen LogP contribution is -3.08. The number of hydrogen-bond acceptors (Lipinski definition) is 4. The second-order valence-corrected chi connectivity index (χ2v) is 8.79. The van der Waals surface area contributed by atoms with Crippen molar-refractivity contribution < 1.29 is 14.5 Å². The van der Waals surface area contributed by atoms with E-state index >= 15 is 0 Å². The zero-order chi connectivity index (χ0) is 16.7. The van der Waals surface area contributed by atoms with Gasteiger partial charge >= 0.3 is 0 Å². The van der Waals surface area contributed by atoms with Gasteiger partial charge in [0.1, 0.15) is 15.9 Å². The van der Waals surface area contributed by atoms with Crippen molar-refractivity contribution in [2.45, 2.75) is 13.0 Å². The first kappa shape index (κ1) is 16.7. The summed E-state index contributed by atoms with van der Waals surface area (Å²) in [5.41, 5.74) is 7.20. The number of hydrogen-bond donors (Lipinski definition) is 3. The van der Waals surface area contributed by atoms with Gasteiger partial charge in [-0.25, -0.2) is 0 Å². The van der Waals surface area contributed by atoms with Gasteiger partial charge in [0, 0.05) is 6.42 Å². The summed E-state index contributed by atoms with van der Waals surface area (Å²) in [5, 5.41) is 3.25. The number of nitrogens with one attached hydrogen (secondary N) is 2. The minimum atomic E-state index is -0.521. The number of halogens is 2. The molecule has 0 radical (unpaired) electrons. The summed E-state index contributed by atoms with van der Waals surface area (Å²) < 4.78 is 0.754. The highest BCUT2D eigenvalue weighted by Gasteiger charge is 2.29. The lowest BCUT2D eigenvalue weighted by atomic mass is 10.0. The topological polar surface area (TPSA) is 76.6 Å². The van der Waals surface area contributed by atoms with Gasteiger partial charge in [-0.05, 0) is 11.6 Å². The van der Waals surface area contributed by atoms with Crippen LogP contribution in [0.5, 0.6) is 0 Å². The van der Waals surface area contributed by atoms with Crippen LogP contribution in [-0.2, 0) is 13.0 Å². The number of fused-ring (bicyclic) bond motifs is 1. The SMILES string of the molecule is C[NH+]1CCc2c(sc(NC(=O)c3cc(Cl)sc3Cl)c2C(N)=O)C1. The van der Waals surface area contributed by atoms with Gasteiger partial charge in [0.05, 0.1) is 33.9 Å². The van der Waals surface area contributed by atoms with E-state index in [1.165, 1.54) is 22.3 Å². The normalized spacial score (nSPS) is 16.9. The molecule has 0 aliphatic carbocycles. The molecule has 0 saturated heterocycles. The van der Waals surface area contributed by atoms with Crippen LogP contribution in [0.4, 0.5) is 5.00 Å².